The molecule has 0 fully saturated rings. The maximum atomic E-state index is 13.0. The molecule has 1 N–H and O–H groups in total. The molecule has 4 aromatic rings. The van der Waals surface area contributed by atoms with E-state index in [1.165, 1.54) is 19.2 Å². The summed E-state index contributed by atoms with van der Waals surface area (Å²) in [6, 6.07) is 11.3. The van der Waals surface area contributed by atoms with Crippen LogP contribution in [0.25, 0.3) is 27.7 Å². The molecule has 26 heavy (non-hydrogen) atoms. The van der Waals surface area contributed by atoms with Gasteiger partial charge in [-0.05, 0) is 35.2 Å². The lowest BCUT2D eigenvalue weighted by Gasteiger charge is -2.08. The van der Waals surface area contributed by atoms with Crippen LogP contribution in [0.4, 0.5) is 13.2 Å². The van der Waals surface area contributed by atoms with Gasteiger partial charge < -0.3 is 9.72 Å². The van der Waals surface area contributed by atoms with E-state index in [1.807, 2.05) is 0 Å². The largest absolute Gasteiger partial charge is 0.481 e. The molecule has 0 spiro atoms. The number of rotatable bonds is 2. The fourth-order valence-electron chi connectivity index (χ4n) is 2.76. The van der Waals surface area contributed by atoms with Crippen LogP contribution < -0.4 is 10.3 Å². The van der Waals surface area contributed by atoms with Crippen LogP contribution in [0.15, 0.2) is 47.3 Å². The predicted molar refractivity (Wildman–Crippen MR) is 88.1 cm³/mol. The molecule has 0 atom stereocenters. The van der Waals surface area contributed by atoms with Crippen molar-refractivity contribution in [3.8, 4) is 17.0 Å². The second-order valence-electron chi connectivity index (χ2n) is 5.58. The van der Waals surface area contributed by atoms with Crippen molar-refractivity contribution in [2.75, 3.05) is 7.11 Å². The molecule has 0 radical (unpaired) electrons. The van der Waals surface area contributed by atoms with E-state index in [0.29, 0.717) is 16.6 Å². The van der Waals surface area contributed by atoms with Gasteiger partial charge in [0.25, 0.3) is 5.82 Å². The summed E-state index contributed by atoms with van der Waals surface area (Å²) in [7, 11) is 1.34. The number of halogens is 3. The molecule has 0 amide bonds. The Kier molecular flexibility index (Phi) is 3.46. The van der Waals surface area contributed by atoms with Crippen LogP contribution in [0.2, 0.25) is 0 Å². The van der Waals surface area contributed by atoms with Gasteiger partial charge in [-0.1, -0.05) is 6.07 Å². The number of aromatic nitrogens is 4. The van der Waals surface area contributed by atoms with Crippen LogP contribution in [-0.2, 0) is 6.18 Å². The third kappa shape index (κ3) is 2.57. The molecule has 6 nitrogen and oxygen atoms in total. The zero-order valence-electron chi connectivity index (χ0n) is 13.3. The van der Waals surface area contributed by atoms with E-state index in [0.717, 1.165) is 9.90 Å². The van der Waals surface area contributed by atoms with Gasteiger partial charge in [-0.15, -0.1) is 5.10 Å². The zero-order chi connectivity index (χ0) is 18.5. The van der Waals surface area contributed by atoms with E-state index in [2.05, 4.69) is 15.1 Å². The Hall–Kier alpha value is -3.36. The normalized spacial score (nSPS) is 12.0. The van der Waals surface area contributed by atoms with Gasteiger partial charge in [0.1, 0.15) is 0 Å². The molecule has 0 aliphatic carbocycles. The lowest BCUT2D eigenvalue weighted by atomic mass is 10.0. The van der Waals surface area contributed by atoms with Crippen molar-refractivity contribution in [2.24, 2.45) is 0 Å². The van der Waals surface area contributed by atoms with E-state index in [-0.39, 0.29) is 17.1 Å². The van der Waals surface area contributed by atoms with Gasteiger partial charge in [0.2, 0.25) is 11.4 Å². The van der Waals surface area contributed by atoms with Crippen LogP contribution in [0.1, 0.15) is 5.82 Å². The number of nitrogens with one attached hydrogen (secondary N) is 1. The number of aromatic amines is 1. The zero-order valence-corrected chi connectivity index (χ0v) is 13.3. The second kappa shape index (κ2) is 5.58. The highest BCUT2D eigenvalue weighted by molar-refractivity contribution is 5.87. The van der Waals surface area contributed by atoms with E-state index < -0.39 is 12.0 Å². The molecule has 1 aromatic carbocycles. The minimum absolute atomic E-state index is 0.0282. The maximum Gasteiger partial charge on any atom is 0.453 e. The molecule has 0 saturated carbocycles. The molecule has 9 heteroatoms. The van der Waals surface area contributed by atoms with E-state index >= 15 is 0 Å². The molecule has 3 heterocycles. The fraction of sp³-hybridized carbons (Fsp3) is 0.118. The number of hydrogen-bond acceptors (Lipinski definition) is 4. The molecule has 3 aromatic heterocycles. The number of fused-ring (bicyclic) bond motifs is 2. The average molecular weight is 360 g/mol. The lowest BCUT2D eigenvalue weighted by molar-refractivity contribution is -0.144. The topological polar surface area (TPSA) is 72.3 Å². The summed E-state index contributed by atoms with van der Waals surface area (Å²) in [5.74, 6) is -1.11. The number of benzene rings is 1. The van der Waals surface area contributed by atoms with Gasteiger partial charge in [0, 0.05) is 23.2 Å². The highest BCUT2D eigenvalue weighted by Crippen LogP contribution is 2.32. The number of alkyl halides is 3. The van der Waals surface area contributed by atoms with Crippen molar-refractivity contribution < 1.29 is 17.9 Å². The van der Waals surface area contributed by atoms with Crippen molar-refractivity contribution in [2.45, 2.75) is 6.18 Å². The van der Waals surface area contributed by atoms with E-state index in [9.17, 15) is 18.0 Å². The third-order valence-electron chi connectivity index (χ3n) is 3.95. The highest BCUT2D eigenvalue weighted by atomic mass is 19.4. The number of hydrogen-bond donors (Lipinski definition) is 1. The molecule has 132 valence electrons. The molecule has 0 aliphatic heterocycles. The van der Waals surface area contributed by atoms with E-state index in [4.69, 9.17) is 4.74 Å². The number of nitrogens with zero attached hydrogens (tertiary/aromatic N) is 3. The Balaban J connectivity index is 1.98. The van der Waals surface area contributed by atoms with Crippen LogP contribution >= 0.6 is 0 Å². The minimum atomic E-state index is -4.67. The molecular weight excluding hydrogens is 349 g/mol. The summed E-state index contributed by atoms with van der Waals surface area (Å²) < 4.78 is 45.2. The van der Waals surface area contributed by atoms with Crippen LogP contribution in [0, 0.1) is 0 Å². The van der Waals surface area contributed by atoms with Crippen molar-refractivity contribution >= 4 is 16.6 Å². The highest BCUT2D eigenvalue weighted by Gasteiger charge is 2.37. The minimum Gasteiger partial charge on any atom is -0.481 e. The smallest absolute Gasteiger partial charge is 0.453 e. The van der Waals surface area contributed by atoms with Gasteiger partial charge >= 0.3 is 6.18 Å². The summed E-state index contributed by atoms with van der Waals surface area (Å²) in [5, 5.41) is 4.27. The fourth-order valence-corrected chi connectivity index (χ4v) is 2.76. The summed E-state index contributed by atoms with van der Waals surface area (Å²) >= 11 is 0. The van der Waals surface area contributed by atoms with Crippen LogP contribution in [0.3, 0.4) is 0 Å². The Bertz CT molecular complexity index is 1190. The molecule has 0 aliphatic rings. The summed E-state index contributed by atoms with van der Waals surface area (Å²) in [6.45, 7) is 0. The van der Waals surface area contributed by atoms with Crippen molar-refractivity contribution in [3.63, 3.8) is 0 Å². The molecule has 0 bridgehead atoms. The monoisotopic (exact) mass is 360 g/mol. The van der Waals surface area contributed by atoms with E-state index in [1.54, 1.807) is 30.3 Å². The first-order valence-corrected chi connectivity index (χ1v) is 7.51. The van der Waals surface area contributed by atoms with Crippen LogP contribution in [0.5, 0.6) is 5.88 Å². The predicted octanol–water partition coefficient (Wildman–Crippen LogP) is 3.27. The quantitative estimate of drug-likeness (QED) is 0.596. The molecule has 4 rings (SSSR count). The second-order valence-corrected chi connectivity index (χ2v) is 5.58. The SMILES string of the molecule is COc1ccc(-c2ccc3[nH]c(=O)ccc3c2)c2nc(C(F)(F)F)nn12. The summed E-state index contributed by atoms with van der Waals surface area (Å²) in [6.07, 6.45) is -4.67. The maximum absolute atomic E-state index is 13.0. The van der Waals surface area contributed by atoms with Crippen LogP contribution in [-0.4, -0.2) is 26.7 Å². The Morgan fingerprint density at radius 2 is 1.92 bits per heavy atom. The third-order valence-corrected chi connectivity index (χ3v) is 3.95. The van der Waals surface area contributed by atoms with Gasteiger partial charge in [-0.3, -0.25) is 4.79 Å². The summed E-state index contributed by atoms with van der Waals surface area (Å²) in [4.78, 5) is 17.7. The first kappa shape index (κ1) is 16.1. The average Bonchev–Trinajstić information content (AvgIpc) is 3.06. The first-order chi connectivity index (χ1) is 12.4. The molecular formula is C17H11F3N4O2. The van der Waals surface area contributed by atoms with Gasteiger partial charge in [0.05, 0.1) is 7.11 Å². The number of methoxy groups -OCH3 is 1. The number of H-pyrrole nitrogens is 1. The standard InChI is InChI=1S/C17H11F3N4O2/c1-26-14-7-4-11(15-22-16(17(18,19)20)23-24(14)15)9-2-5-12-10(8-9)3-6-13(25)21-12/h2-8H,1H3,(H,21,25). The lowest BCUT2D eigenvalue weighted by Crippen LogP contribution is -2.07. The Morgan fingerprint density at radius 3 is 2.65 bits per heavy atom. The van der Waals surface area contributed by atoms with Crippen molar-refractivity contribution in [3.05, 3.63) is 58.6 Å². The van der Waals surface area contributed by atoms with Gasteiger partial charge in [0.15, 0.2) is 5.65 Å². The van der Waals surface area contributed by atoms with Crippen molar-refractivity contribution in [1.82, 2.24) is 19.6 Å². The van der Waals surface area contributed by atoms with Gasteiger partial charge in [-0.2, -0.15) is 17.7 Å². The molecule has 0 saturated heterocycles. The van der Waals surface area contributed by atoms with Gasteiger partial charge in [-0.25, -0.2) is 4.98 Å². The number of ether oxygens (including phenoxy) is 1. The molecule has 0 unspecified atom stereocenters. The summed E-state index contributed by atoms with van der Waals surface area (Å²) in [5.41, 5.74) is 1.52. The number of pyridine rings is 2. The Morgan fingerprint density at radius 1 is 1.12 bits per heavy atom. The Labute approximate surface area is 143 Å². The first-order valence-electron chi connectivity index (χ1n) is 7.51. The van der Waals surface area contributed by atoms with Crippen molar-refractivity contribution in [1.29, 1.82) is 0 Å².